The van der Waals surface area contributed by atoms with Crippen LogP contribution >= 0.6 is 0 Å². The molecule has 148 valence electrons. The normalized spacial score (nSPS) is 17.6. The first kappa shape index (κ1) is 18.6. The van der Waals surface area contributed by atoms with Crippen molar-refractivity contribution in [2.45, 2.75) is 38.8 Å². The van der Waals surface area contributed by atoms with Crippen LogP contribution in [-0.4, -0.2) is 41.0 Å². The Labute approximate surface area is 164 Å². The van der Waals surface area contributed by atoms with Crippen LogP contribution in [0.5, 0.6) is 11.5 Å². The summed E-state index contributed by atoms with van der Waals surface area (Å²) in [5.41, 5.74) is 4.08. The molecule has 7 heteroatoms. The van der Waals surface area contributed by atoms with E-state index in [9.17, 15) is 0 Å². The van der Waals surface area contributed by atoms with Gasteiger partial charge in [0.1, 0.15) is 11.5 Å². The minimum absolute atomic E-state index is 0.239. The Kier molecular flexibility index (Phi) is 5.34. The second-order valence-electron chi connectivity index (χ2n) is 7.19. The Morgan fingerprint density at radius 2 is 2.11 bits per heavy atom. The lowest BCUT2D eigenvalue weighted by Gasteiger charge is -2.35. The van der Waals surface area contributed by atoms with Gasteiger partial charge in [-0.15, -0.1) is 0 Å². The SMILES string of the molecule is COc1ccc(CN2CCCC[C@@H]2c2[nH]ncc2-c2cc(C)no2)c(OC)c1. The van der Waals surface area contributed by atoms with E-state index in [0.29, 0.717) is 0 Å². The number of methoxy groups -OCH3 is 2. The van der Waals surface area contributed by atoms with Gasteiger partial charge in [0.2, 0.25) is 0 Å². The van der Waals surface area contributed by atoms with Crippen molar-refractivity contribution in [1.82, 2.24) is 20.3 Å². The van der Waals surface area contributed by atoms with E-state index in [1.807, 2.05) is 31.3 Å². The van der Waals surface area contributed by atoms with E-state index >= 15 is 0 Å². The molecule has 1 aliphatic rings. The molecule has 1 aliphatic heterocycles. The molecule has 0 spiro atoms. The third-order valence-electron chi connectivity index (χ3n) is 5.38. The van der Waals surface area contributed by atoms with Gasteiger partial charge in [0, 0.05) is 24.2 Å². The number of hydrogen-bond donors (Lipinski definition) is 1. The highest BCUT2D eigenvalue weighted by Gasteiger charge is 2.29. The number of aromatic nitrogens is 3. The zero-order valence-electron chi connectivity index (χ0n) is 16.6. The first-order chi connectivity index (χ1) is 13.7. The molecule has 1 saturated heterocycles. The van der Waals surface area contributed by atoms with Gasteiger partial charge >= 0.3 is 0 Å². The fraction of sp³-hybridized carbons (Fsp3) is 0.429. The third kappa shape index (κ3) is 3.62. The maximum atomic E-state index is 5.60. The number of aromatic amines is 1. The molecule has 4 rings (SSSR count). The fourth-order valence-electron chi connectivity index (χ4n) is 3.95. The molecule has 3 heterocycles. The molecular formula is C21H26N4O3. The van der Waals surface area contributed by atoms with Gasteiger partial charge in [-0.25, -0.2) is 0 Å². The van der Waals surface area contributed by atoms with Crippen LogP contribution < -0.4 is 9.47 Å². The first-order valence-electron chi connectivity index (χ1n) is 9.61. The molecular weight excluding hydrogens is 356 g/mol. The standard InChI is InChI=1S/C21H26N4O3/c1-14-10-20(28-24-14)17-12-22-23-21(17)18-6-4-5-9-25(18)13-15-7-8-16(26-2)11-19(15)27-3/h7-8,10-12,18H,4-6,9,13H2,1-3H3,(H,22,23)/t18-/m1/s1. The summed E-state index contributed by atoms with van der Waals surface area (Å²) in [6.07, 6.45) is 5.27. The van der Waals surface area contributed by atoms with Gasteiger partial charge in [0.05, 0.1) is 43.4 Å². The van der Waals surface area contributed by atoms with Crippen molar-refractivity contribution < 1.29 is 14.0 Å². The van der Waals surface area contributed by atoms with Crippen LogP contribution in [0.15, 0.2) is 35.0 Å². The van der Waals surface area contributed by atoms with Crippen LogP contribution in [0.4, 0.5) is 0 Å². The molecule has 1 N–H and O–H groups in total. The first-order valence-corrected chi connectivity index (χ1v) is 9.61. The number of hydrogen-bond acceptors (Lipinski definition) is 6. The Balaban J connectivity index is 1.62. The minimum Gasteiger partial charge on any atom is -0.497 e. The van der Waals surface area contributed by atoms with Crippen molar-refractivity contribution in [3.63, 3.8) is 0 Å². The van der Waals surface area contributed by atoms with Gasteiger partial charge in [-0.2, -0.15) is 5.10 Å². The number of rotatable bonds is 6. The molecule has 0 amide bonds. The van der Waals surface area contributed by atoms with Gasteiger partial charge in [-0.3, -0.25) is 10.00 Å². The molecule has 0 unspecified atom stereocenters. The fourth-order valence-corrected chi connectivity index (χ4v) is 3.95. The van der Waals surface area contributed by atoms with Gasteiger partial charge in [0.25, 0.3) is 0 Å². The Morgan fingerprint density at radius 1 is 1.21 bits per heavy atom. The highest BCUT2D eigenvalue weighted by Crippen LogP contribution is 2.37. The van der Waals surface area contributed by atoms with E-state index in [2.05, 4.69) is 26.3 Å². The van der Waals surface area contributed by atoms with Crippen LogP contribution in [0, 0.1) is 6.92 Å². The maximum Gasteiger partial charge on any atom is 0.170 e. The molecule has 0 aliphatic carbocycles. The van der Waals surface area contributed by atoms with E-state index in [1.165, 1.54) is 12.8 Å². The summed E-state index contributed by atoms with van der Waals surface area (Å²) in [6, 6.07) is 8.19. The second-order valence-corrected chi connectivity index (χ2v) is 7.19. The zero-order chi connectivity index (χ0) is 19.5. The summed E-state index contributed by atoms with van der Waals surface area (Å²) in [5.74, 6) is 2.40. The Bertz CT molecular complexity index is 933. The highest BCUT2D eigenvalue weighted by molar-refractivity contribution is 5.60. The lowest BCUT2D eigenvalue weighted by atomic mass is 9.95. The van der Waals surface area contributed by atoms with E-state index in [0.717, 1.165) is 59.3 Å². The summed E-state index contributed by atoms with van der Waals surface area (Å²) in [4.78, 5) is 2.48. The summed E-state index contributed by atoms with van der Waals surface area (Å²) in [6.45, 7) is 3.75. The van der Waals surface area contributed by atoms with Crippen LogP contribution in [-0.2, 0) is 6.54 Å². The van der Waals surface area contributed by atoms with Crippen LogP contribution in [0.2, 0.25) is 0 Å². The van der Waals surface area contributed by atoms with Crippen LogP contribution in [0.3, 0.4) is 0 Å². The smallest absolute Gasteiger partial charge is 0.170 e. The van der Waals surface area contributed by atoms with Gasteiger partial charge in [-0.05, 0) is 32.4 Å². The highest BCUT2D eigenvalue weighted by atomic mass is 16.5. The number of nitrogens with zero attached hydrogens (tertiary/aromatic N) is 3. The monoisotopic (exact) mass is 382 g/mol. The van der Waals surface area contributed by atoms with Crippen molar-refractivity contribution in [3.05, 3.63) is 47.4 Å². The van der Waals surface area contributed by atoms with Gasteiger partial charge in [-0.1, -0.05) is 17.6 Å². The topological polar surface area (TPSA) is 76.4 Å². The molecule has 0 saturated carbocycles. The lowest BCUT2D eigenvalue weighted by Crippen LogP contribution is -2.33. The predicted octanol–water partition coefficient (Wildman–Crippen LogP) is 4.12. The zero-order valence-corrected chi connectivity index (χ0v) is 16.6. The van der Waals surface area contributed by atoms with Gasteiger partial charge in [0.15, 0.2) is 5.76 Å². The third-order valence-corrected chi connectivity index (χ3v) is 5.38. The summed E-state index contributed by atoms with van der Waals surface area (Å²) in [7, 11) is 3.37. The molecule has 0 bridgehead atoms. The van der Waals surface area contributed by atoms with E-state index in [4.69, 9.17) is 14.0 Å². The van der Waals surface area contributed by atoms with Gasteiger partial charge < -0.3 is 14.0 Å². The molecule has 1 atom stereocenters. The van der Waals surface area contributed by atoms with Crippen LogP contribution in [0.1, 0.15) is 42.3 Å². The summed E-state index contributed by atoms with van der Waals surface area (Å²) in [5, 5.41) is 11.5. The molecule has 1 aromatic carbocycles. The lowest BCUT2D eigenvalue weighted by molar-refractivity contribution is 0.136. The average molecular weight is 382 g/mol. The number of piperidine rings is 1. The Hall–Kier alpha value is -2.80. The summed E-state index contributed by atoms with van der Waals surface area (Å²) < 4.78 is 16.4. The minimum atomic E-state index is 0.239. The summed E-state index contributed by atoms with van der Waals surface area (Å²) >= 11 is 0. The maximum absolute atomic E-state index is 5.60. The quantitative estimate of drug-likeness (QED) is 0.691. The number of nitrogens with one attached hydrogen (secondary N) is 1. The van der Waals surface area contributed by atoms with Crippen molar-refractivity contribution >= 4 is 0 Å². The molecule has 3 aromatic rings. The Morgan fingerprint density at radius 3 is 2.86 bits per heavy atom. The van der Waals surface area contributed by atoms with Crippen molar-refractivity contribution in [3.8, 4) is 22.8 Å². The van der Waals surface area contributed by atoms with Crippen LogP contribution in [0.25, 0.3) is 11.3 Å². The number of likely N-dealkylation sites (tertiary alicyclic amines) is 1. The molecule has 2 aromatic heterocycles. The van der Waals surface area contributed by atoms with E-state index in [-0.39, 0.29) is 6.04 Å². The number of H-pyrrole nitrogens is 1. The van der Waals surface area contributed by atoms with E-state index in [1.54, 1.807) is 14.2 Å². The average Bonchev–Trinajstić information content (AvgIpc) is 3.37. The van der Waals surface area contributed by atoms with E-state index < -0.39 is 0 Å². The predicted molar refractivity (Wildman–Crippen MR) is 105 cm³/mol. The molecule has 7 nitrogen and oxygen atoms in total. The number of ether oxygens (including phenoxy) is 2. The number of aryl methyl sites for hydroxylation is 1. The molecule has 0 radical (unpaired) electrons. The van der Waals surface area contributed by atoms with Crippen molar-refractivity contribution in [2.75, 3.05) is 20.8 Å². The number of benzene rings is 1. The largest absolute Gasteiger partial charge is 0.497 e. The van der Waals surface area contributed by atoms with Crippen molar-refractivity contribution in [2.24, 2.45) is 0 Å². The second kappa shape index (κ2) is 8.06. The van der Waals surface area contributed by atoms with Crippen molar-refractivity contribution in [1.29, 1.82) is 0 Å². The molecule has 28 heavy (non-hydrogen) atoms. The molecule has 1 fully saturated rings.